The SMILES string of the molecule is Cc1cc(C(=O)Nc2cccc(C3CN4CCSC4=N3)c2)no1.Cl.O. The number of nitrogens with zero attached hydrogens (tertiary/aromatic N) is 3. The van der Waals surface area contributed by atoms with Gasteiger partial charge in [0.25, 0.3) is 5.91 Å². The first-order chi connectivity index (χ1) is 11.2. The van der Waals surface area contributed by atoms with Crippen LogP contribution < -0.4 is 5.32 Å². The maximum atomic E-state index is 12.1. The molecule has 0 bridgehead atoms. The molecule has 4 rings (SSSR count). The van der Waals surface area contributed by atoms with Crippen LogP contribution in [-0.2, 0) is 0 Å². The van der Waals surface area contributed by atoms with Crippen LogP contribution in [0.1, 0.15) is 27.9 Å². The van der Waals surface area contributed by atoms with Gasteiger partial charge in [-0.3, -0.25) is 9.79 Å². The van der Waals surface area contributed by atoms with Crippen LogP contribution in [0, 0.1) is 6.92 Å². The van der Waals surface area contributed by atoms with E-state index in [0.717, 1.165) is 35.3 Å². The number of aryl methyl sites for hydroxylation is 1. The molecule has 1 aromatic carbocycles. The molecule has 7 nitrogen and oxygen atoms in total. The van der Waals surface area contributed by atoms with E-state index in [9.17, 15) is 4.79 Å². The first-order valence-electron chi connectivity index (χ1n) is 7.49. The van der Waals surface area contributed by atoms with Crippen molar-refractivity contribution in [2.24, 2.45) is 4.99 Å². The molecule has 25 heavy (non-hydrogen) atoms. The number of nitrogens with one attached hydrogen (secondary N) is 1. The van der Waals surface area contributed by atoms with E-state index < -0.39 is 0 Å². The number of benzene rings is 1. The third-order valence-corrected chi connectivity index (χ3v) is 4.92. The molecule has 3 heterocycles. The van der Waals surface area contributed by atoms with Crippen molar-refractivity contribution in [3.8, 4) is 0 Å². The van der Waals surface area contributed by atoms with Crippen LogP contribution in [0.25, 0.3) is 0 Å². The van der Waals surface area contributed by atoms with Gasteiger partial charge in [-0.2, -0.15) is 0 Å². The van der Waals surface area contributed by atoms with Crippen LogP contribution in [0.4, 0.5) is 5.69 Å². The molecule has 134 valence electrons. The molecule has 3 N–H and O–H groups in total. The summed E-state index contributed by atoms with van der Waals surface area (Å²) in [4.78, 5) is 19.2. The Balaban J connectivity index is 0.00000113. The van der Waals surface area contributed by atoms with E-state index in [0.29, 0.717) is 5.76 Å². The minimum absolute atomic E-state index is 0. The fraction of sp³-hybridized carbons (Fsp3) is 0.312. The van der Waals surface area contributed by atoms with Crippen molar-refractivity contribution in [2.75, 3.05) is 24.2 Å². The highest BCUT2D eigenvalue weighted by atomic mass is 35.5. The van der Waals surface area contributed by atoms with E-state index in [4.69, 9.17) is 9.52 Å². The first-order valence-corrected chi connectivity index (χ1v) is 8.48. The average Bonchev–Trinajstić information content (AvgIpc) is 3.22. The Kier molecular flexibility index (Phi) is 6.10. The summed E-state index contributed by atoms with van der Waals surface area (Å²) in [6.07, 6.45) is 0. The number of aliphatic imine (C=N–C) groups is 1. The number of amides is 1. The zero-order chi connectivity index (χ0) is 15.8. The highest BCUT2D eigenvalue weighted by Gasteiger charge is 2.30. The molecule has 1 saturated heterocycles. The lowest BCUT2D eigenvalue weighted by Crippen LogP contribution is -2.21. The van der Waals surface area contributed by atoms with Gasteiger partial charge in [0.2, 0.25) is 0 Å². The van der Waals surface area contributed by atoms with Gasteiger partial charge in [0.05, 0.1) is 6.04 Å². The molecule has 9 heteroatoms. The summed E-state index contributed by atoms with van der Waals surface area (Å²) in [6.45, 7) is 3.75. The second kappa shape index (κ2) is 7.90. The van der Waals surface area contributed by atoms with Crippen LogP contribution in [0.5, 0.6) is 0 Å². The van der Waals surface area contributed by atoms with Crippen molar-refractivity contribution in [2.45, 2.75) is 13.0 Å². The third-order valence-electron chi connectivity index (χ3n) is 3.91. The Labute approximate surface area is 155 Å². The minimum atomic E-state index is -0.270. The van der Waals surface area contributed by atoms with Crippen LogP contribution in [0.2, 0.25) is 0 Å². The molecular weight excluding hydrogens is 364 g/mol. The average molecular weight is 383 g/mol. The van der Waals surface area contributed by atoms with Gasteiger partial charge in [0.15, 0.2) is 10.9 Å². The highest BCUT2D eigenvalue weighted by molar-refractivity contribution is 8.14. The number of carbonyl (C=O) groups excluding carboxylic acids is 1. The number of amidine groups is 1. The number of hydrogen-bond acceptors (Lipinski definition) is 6. The van der Waals surface area contributed by atoms with E-state index in [1.165, 1.54) is 0 Å². The predicted molar refractivity (Wildman–Crippen MR) is 101 cm³/mol. The maximum absolute atomic E-state index is 12.1. The molecule has 0 aliphatic carbocycles. The number of carbonyl (C=O) groups is 1. The number of anilines is 1. The van der Waals surface area contributed by atoms with Crippen molar-refractivity contribution >= 4 is 40.9 Å². The van der Waals surface area contributed by atoms with Gasteiger partial charge < -0.3 is 20.2 Å². The number of fused-ring (bicyclic) bond motifs is 1. The van der Waals surface area contributed by atoms with Crippen LogP contribution in [-0.4, -0.2) is 45.4 Å². The standard InChI is InChI=1S/C16H16N4O2S.ClH.H2O/c1-10-7-13(19-22-10)15(21)17-12-4-2-3-11(8-12)14-9-20-5-6-23-16(20)18-14;;/h2-4,7-8,14H,5-6,9H2,1H3,(H,17,21);1H;1H2. The van der Waals surface area contributed by atoms with Crippen LogP contribution in [0.3, 0.4) is 0 Å². The summed E-state index contributed by atoms with van der Waals surface area (Å²) >= 11 is 1.81. The number of hydrogen-bond donors (Lipinski definition) is 1. The summed E-state index contributed by atoms with van der Waals surface area (Å²) in [5.41, 5.74) is 2.14. The molecule has 1 unspecified atom stereocenters. The smallest absolute Gasteiger partial charge is 0.277 e. The van der Waals surface area contributed by atoms with E-state index in [2.05, 4.69) is 21.4 Å². The first kappa shape index (κ1) is 19.3. The lowest BCUT2D eigenvalue weighted by molar-refractivity contribution is 0.101. The Morgan fingerprint density at radius 1 is 1.40 bits per heavy atom. The molecule has 0 radical (unpaired) electrons. The summed E-state index contributed by atoms with van der Waals surface area (Å²) in [5.74, 6) is 1.47. The van der Waals surface area contributed by atoms with Crippen molar-refractivity contribution in [1.29, 1.82) is 0 Å². The summed E-state index contributed by atoms with van der Waals surface area (Å²) in [5, 5.41) is 7.73. The number of halogens is 1. The molecule has 2 aromatic rings. The Bertz CT molecular complexity index is 795. The molecular formula is C16H19ClN4O3S. The topological polar surface area (TPSA) is 102 Å². The minimum Gasteiger partial charge on any atom is -0.412 e. The number of aromatic nitrogens is 1. The van der Waals surface area contributed by atoms with Gasteiger partial charge in [0.1, 0.15) is 5.76 Å². The molecule has 1 atom stereocenters. The van der Waals surface area contributed by atoms with Gasteiger partial charge in [-0.1, -0.05) is 29.1 Å². The number of thioether (sulfide) groups is 1. The monoisotopic (exact) mass is 382 g/mol. The molecule has 2 aliphatic heterocycles. The van der Waals surface area contributed by atoms with E-state index in [1.807, 2.05) is 30.0 Å². The molecule has 2 aliphatic rings. The van der Waals surface area contributed by atoms with E-state index in [1.54, 1.807) is 13.0 Å². The van der Waals surface area contributed by atoms with Crippen molar-refractivity contribution in [3.63, 3.8) is 0 Å². The zero-order valence-electron chi connectivity index (χ0n) is 13.6. The number of rotatable bonds is 3. The van der Waals surface area contributed by atoms with Crippen LogP contribution in [0.15, 0.2) is 39.8 Å². The summed E-state index contributed by atoms with van der Waals surface area (Å²) in [7, 11) is 0. The van der Waals surface area contributed by atoms with Gasteiger partial charge in [0, 0.05) is 30.6 Å². The van der Waals surface area contributed by atoms with Gasteiger partial charge in [-0.15, -0.1) is 12.4 Å². The molecule has 1 fully saturated rings. The molecule has 1 aromatic heterocycles. The van der Waals surface area contributed by atoms with Gasteiger partial charge in [-0.05, 0) is 24.6 Å². The van der Waals surface area contributed by atoms with Crippen molar-refractivity contribution in [1.82, 2.24) is 10.1 Å². The van der Waals surface area contributed by atoms with Crippen LogP contribution >= 0.6 is 24.2 Å². The molecule has 0 spiro atoms. The van der Waals surface area contributed by atoms with Gasteiger partial charge in [-0.25, -0.2) is 0 Å². The lowest BCUT2D eigenvalue weighted by atomic mass is 10.1. The summed E-state index contributed by atoms with van der Waals surface area (Å²) in [6, 6.07) is 9.60. The molecule has 0 saturated carbocycles. The highest BCUT2D eigenvalue weighted by Crippen LogP contribution is 2.33. The van der Waals surface area contributed by atoms with Gasteiger partial charge >= 0.3 is 0 Å². The fourth-order valence-corrected chi connectivity index (χ4v) is 3.82. The van der Waals surface area contributed by atoms with E-state index in [-0.39, 0.29) is 35.5 Å². The lowest BCUT2D eigenvalue weighted by Gasteiger charge is -2.13. The normalized spacial score (nSPS) is 18.0. The zero-order valence-corrected chi connectivity index (χ0v) is 15.2. The van der Waals surface area contributed by atoms with Crippen molar-refractivity contribution < 1.29 is 14.8 Å². The van der Waals surface area contributed by atoms with Crippen molar-refractivity contribution in [3.05, 3.63) is 47.3 Å². The second-order valence-corrected chi connectivity index (χ2v) is 6.69. The second-order valence-electron chi connectivity index (χ2n) is 5.62. The fourth-order valence-electron chi connectivity index (χ4n) is 2.78. The maximum Gasteiger partial charge on any atom is 0.277 e. The Hall–Kier alpha value is -2.03. The Morgan fingerprint density at radius 3 is 2.96 bits per heavy atom. The van der Waals surface area contributed by atoms with E-state index >= 15 is 0 Å². The largest absolute Gasteiger partial charge is 0.412 e. The Morgan fingerprint density at radius 2 is 2.24 bits per heavy atom. The third kappa shape index (κ3) is 3.97. The quantitative estimate of drug-likeness (QED) is 0.877. The summed E-state index contributed by atoms with van der Waals surface area (Å²) < 4.78 is 4.93. The predicted octanol–water partition coefficient (Wildman–Crippen LogP) is 2.29. The molecule has 1 amide bonds.